The first-order valence-corrected chi connectivity index (χ1v) is 7.98. The van der Waals surface area contributed by atoms with Crippen LogP contribution < -0.4 is 15.2 Å². The minimum atomic E-state index is 0.0223. The average molecular weight is 301 g/mol. The third kappa shape index (κ3) is 3.34. The fraction of sp³-hybridized carbons (Fsp3) is 0.294. The summed E-state index contributed by atoms with van der Waals surface area (Å²) in [6.07, 6.45) is 0.921. The fourth-order valence-corrected chi connectivity index (χ4v) is 3.36. The van der Waals surface area contributed by atoms with E-state index in [2.05, 4.69) is 18.2 Å². The van der Waals surface area contributed by atoms with E-state index in [9.17, 15) is 0 Å². The van der Waals surface area contributed by atoms with Crippen molar-refractivity contribution in [2.75, 3.05) is 13.2 Å². The van der Waals surface area contributed by atoms with Crippen molar-refractivity contribution in [2.24, 2.45) is 5.73 Å². The van der Waals surface area contributed by atoms with Crippen molar-refractivity contribution in [1.82, 2.24) is 0 Å². The lowest BCUT2D eigenvalue weighted by Crippen LogP contribution is -2.05. The summed E-state index contributed by atoms with van der Waals surface area (Å²) in [5, 5.41) is 0. The van der Waals surface area contributed by atoms with Crippen LogP contribution in [0.5, 0.6) is 11.5 Å². The standard InChI is InChI=1S/C17H19NO2S/c1-12(18)14-5-2-3-6-17(14)21-13-7-8-15-16(11-13)20-10-4-9-19-15/h2-3,5-8,11-12H,4,9-10,18H2,1H3/t12-/m1/s1. The van der Waals surface area contributed by atoms with Gasteiger partial charge in [0.1, 0.15) is 0 Å². The predicted molar refractivity (Wildman–Crippen MR) is 85.2 cm³/mol. The van der Waals surface area contributed by atoms with Crippen LogP contribution >= 0.6 is 11.8 Å². The normalized spacial score (nSPS) is 15.3. The molecule has 2 aromatic rings. The molecular weight excluding hydrogens is 282 g/mol. The molecule has 0 amide bonds. The van der Waals surface area contributed by atoms with E-state index < -0.39 is 0 Å². The molecule has 21 heavy (non-hydrogen) atoms. The highest BCUT2D eigenvalue weighted by Gasteiger charge is 2.13. The summed E-state index contributed by atoms with van der Waals surface area (Å²) < 4.78 is 11.4. The first-order valence-electron chi connectivity index (χ1n) is 7.16. The van der Waals surface area contributed by atoms with E-state index in [0.717, 1.165) is 28.4 Å². The number of hydrogen-bond acceptors (Lipinski definition) is 4. The van der Waals surface area contributed by atoms with Crippen LogP contribution in [-0.2, 0) is 0 Å². The highest BCUT2D eigenvalue weighted by atomic mass is 32.2. The van der Waals surface area contributed by atoms with Crippen molar-refractivity contribution >= 4 is 11.8 Å². The Morgan fingerprint density at radius 2 is 1.81 bits per heavy atom. The van der Waals surface area contributed by atoms with Crippen molar-refractivity contribution in [1.29, 1.82) is 0 Å². The van der Waals surface area contributed by atoms with E-state index in [0.29, 0.717) is 13.2 Å². The monoisotopic (exact) mass is 301 g/mol. The summed E-state index contributed by atoms with van der Waals surface area (Å²) in [5.74, 6) is 1.66. The van der Waals surface area contributed by atoms with Crippen LogP contribution in [0.2, 0.25) is 0 Å². The topological polar surface area (TPSA) is 44.5 Å². The molecule has 110 valence electrons. The van der Waals surface area contributed by atoms with E-state index in [4.69, 9.17) is 15.2 Å². The van der Waals surface area contributed by atoms with Gasteiger partial charge in [0.25, 0.3) is 0 Å². The average Bonchev–Trinajstić information content (AvgIpc) is 2.72. The molecule has 0 saturated carbocycles. The van der Waals surface area contributed by atoms with Gasteiger partial charge in [-0.15, -0.1) is 0 Å². The van der Waals surface area contributed by atoms with Gasteiger partial charge in [-0.05, 0) is 36.8 Å². The van der Waals surface area contributed by atoms with Crippen molar-refractivity contribution in [3.05, 3.63) is 48.0 Å². The molecule has 0 radical (unpaired) electrons. The summed E-state index contributed by atoms with van der Waals surface area (Å²) in [4.78, 5) is 2.31. The summed E-state index contributed by atoms with van der Waals surface area (Å²) >= 11 is 1.71. The highest BCUT2D eigenvalue weighted by molar-refractivity contribution is 7.99. The predicted octanol–water partition coefficient (Wildman–Crippen LogP) is 4.02. The van der Waals surface area contributed by atoms with Gasteiger partial charge in [-0.1, -0.05) is 30.0 Å². The molecule has 0 fully saturated rings. The number of benzene rings is 2. The zero-order chi connectivity index (χ0) is 14.7. The van der Waals surface area contributed by atoms with Crippen LogP contribution in [0.15, 0.2) is 52.3 Å². The van der Waals surface area contributed by atoms with Crippen LogP contribution in [0.25, 0.3) is 0 Å². The molecule has 1 aliphatic rings. The van der Waals surface area contributed by atoms with Crippen LogP contribution in [-0.4, -0.2) is 13.2 Å². The summed E-state index contributed by atoms with van der Waals surface area (Å²) in [6, 6.07) is 14.4. The van der Waals surface area contributed by atoms with Crippen molar-refractivity contribution in [3.8, 4) is 11.5 Å². The van der Waals surface area contributed by atoms with Gasteiger partial charge in [0.2, 0.25) is 0 Å². The maximum Gasteiger partial charge on any atom is 0.162 e. The smallest absolute Gasteiger partial charge is 0.162 e. The Bertz CT molecular complexity index is 628. The Hall–Kier alpha value is -1.65. The maximum atomic E-state index is 6.04. The lowest BCUT2D eigenvalue weighted by molar-refractivity contribution is 0.297. The molecule has 0 spiro atoms. The van der Waals surface area contributed by atoms with Crippen LogP contribution in [0.4, 0.5) is 0 Å². The Morgan fingerprint density at radius 1 is 1.05 bits per heavy atom. The molecule has 1 atom stereocenters. The lowest BCUT2D eigenvalue weighted by atomic mass is 10.1. The molecule has 0 aromatic heterocycles. The number of nitrogens with two attached hydrogens (primary N) is 1. The molecule has 1 heterocycles. The summed E-state index contributed by atoms with van der Waals surface area (Å²) in [7, 11) is 0. The first-order chi connectivity index (χ1) is 10.2. The molecule has 2 aromatic carbocycles. The van der Waals surface area contributed by atoms with Gasteiger partial charge < -0.3 is 15.2 Å². The molecule has 1 aliphatic heterocycles. The van der Waals surface area contributed by atoms with E-state index >= 15 is 0 Å². The van der Waals surface area contributed by atoms with Crippen molar-refractivity contribution in [2.45, 2.75) is 29.2 Å². The van der Waals surface area contributed by atoms with Gasteiger partial charge in [0, 0.05) is 22.3 Å². The number of rotatable bonds is 3. The van der Waals surface area contributed by atoms with Gasteiger partial charge in [0.15, 0.2) is 11.5 Å². The Kier molecular flexibility index (Phi) is 4.36. The molecule has 0 bridgehead atoms. The van der Waals surface area contributed by atoms with Crippen molar-refractivity contribution < 1.29 is 9.47 Å². The molecule has 0 aliphatic carbocycles. The van der Waals surface area contributed by atoms with Crippen LogP contribution in [0, 0.1) is 0 Å². The zero-order valence-electron chi connectivity index (χ0n) is 12.0. The SMILES string of the molecule is C[C@@H](N)c1ccccc1Sc1ccc2c(c1)OCCCO2. The molecule has 0 saturated heterocycles. The number of ether oxygens (including phenoxy) is 2. The third-order valence-electron chi connectivity index (χ3n) is 3.36. The van der Waals surface area contributed by atoms with E-state index in [1.165, 1.54) is 4.90 Å². The maximum absolute atomic E-state index is 6.04. The van der Waals surface area contributed by atoms with Crippen molar-refractivity contribution in [3.63, 3.8) is 0 Å². The van der Waals surface area contributed by atoms with Gasteiger partial charge in [-0.3, -0.25) is 0 Å². The van der Waals surface area contributed by atoms with E-state index in [1.807, 2.05) is 31.2 Å². The van der Waals surface area contributed by atoms with Gasteiger partial charge in [-0.2, -0.15) is 0 Å². The zero-order valence-corrected chi connectivity index (χ0v) is 12.9. The molecule has 3 nitrogen and oxygen atoms in total. The summed E-state index contributed by atoms with van der Waals surface area (Å²) in [5.41, 5.74) is 7.20. The largest absolute Gasteiger partial charge is 0.490 e. The molecule has 2 N–H and O–H groups in total. The van der Waals surface area contributed by atoms with E-state index in [1.54, 1.807) is 11.8 Å². The lowest BCUT2D eigenvalue weighted by Gasteiger charge is -2.13. The van der Waals surface area contributed by atoms with Gasteiger partial charge >= 0.3 is 0 Å². The fourth-order valence-electron chi connectivity index (χ4n) is 2.28. The molecule has 3 rings (SSSR count). The van der Waals surface area contributed by atoms with Gasteiger partial charge in [-0.25, -0.2) is 0 Å². The minimum Gasteiger partial charge on any atom is -0.490 e. The second kappa shape index (κ2) is 6.41. The molecule has 0 unspecified atom stereocenters. The van der Waals surface area contributed by atoms with Crippen LogP contribution in [0.1, 0.15) is 24.9 Å². The number of fused-ring (bicyclic) bond motifs is 1. The van der Waals surface area contributed by atoms with E-state index in [-0.39, 0.29) is 6.04 Å². The minimum absolute atomic E-state index is 0.0223. The summed E-state index contributed by atoms with van der Waals surface area (Å²) in [6.45, 7) is 3.43. The molecule has 4 heteroatoms. The highest BCUT2D eigenvalue weighted by Crippen LogP contribution is 2.38. The Balaban J connectivity index is 1.87. The second-order valence-electron chi connectivity index (χ2n) is 5.09. The van der Waals surface area contributed by atoms with Gasteiger partial charge in [0.05, 0.1) is 13.2 Å². The number of hydrogen-bond donors (Lipinski definition) is 1. The third-order valence-corrected chi connectivity index (χ3v) is 4.44. The Morgan fingerprint density at radius 3 is 2.62 bits per heavy atom. The quantitative estimate of drug-likeness (QED) is 0.930. The second-order valence-corrected chi connectivity index (χ2v) is 6.20. The van der Waals surface area contributed by atoms with Crippen LogP contribution in [0.3, 0.4) is 0 Å². The first kappa shape index (κ1) is 14.3. The molecular formula is C17H19NO2S. The Labute approximate surface area is 129 Å².